The molecule has 0 saturated heterocycles. The minimum atomic E-state index is 0.519. The zero-order valence-corrected chi connectivity index (χ0v) is 28.3. The first-order chi connectivity index (χ1) is 24.0. The minimum absolute atomic E-state index is 0.519. The van der Waals surface area contributed by atoms with Crippen molar-refractivity contribution in [1.29, 1.82) is 0 Å². The fourth-order valence-corrected chi connectivity index (χ4v) is 7.89. The lowest BCUT2D eigenvalue weighted by Gasteiger charge is -2.14. The summed E-state index contributed by atoms with van der Waals surface area (Å²) in [6.45, 7) is 4.15. The van der Waals surface area contributed by atoms with Crippen LogP contribution in [0.25, 0.3) is 64.9 Å². The van der Waals surface area contributed by atoms with Crippen molar-refractivity contribution in [2.75, 3.05) is 5.73 Å². The monoisotopic (exact) mass is 652 g/mol. The number of allylic oxidation sites excluding steroid dienone is 3. The van der Waals surface area contributed by atoms with Crippen LogP contribution in [0.5, 0.6) is 0 Å². The summed E-state index contributed by atoms with van der Waals surface area (Å²) in [6, 6.07) is 45.4. The number of hydrogen-bond acceptors (Lipinski definition) is 4. The average molecular weight is 653 g/mol. The summed E-state index contributed by atoms with van der Waals surface area (Å²) in [4.78, 5) is 5.53. The second-order valence-corrected chi connectivity index (χ2v) is 13.5. The molecule has 0 aliphatic rings. The molecule has 2 heterocycles. The molecule has 8 aromatic rings. The number of benzene rings is 6. The van der Waals surface area contributed by atoms with E-state index in [0.717, 1.165) is 54.9 Å². The van der Waals surface area contributed by atoms with E-state index in [4.69, 9.17) is 16.5 Å². The zero-order valence-electron chi connectivity index (χ0n) is 27.5. The number of thiophene rings is 1. The number of rotatable bonds is 6. The van der Waals surface area contributed by atoms with Gasteiger partial charge in [0.1, 0.15) is 16.5 Å². The van der Waals surface area contributed by atoms with Crippen molar-refractivity contribution in [3.8, 4) is 22.3 Å². The van der Waals surface area contributed by atoms with E-state index in [1.807, 2.05) is 13.0 Å². The fraction of sp³-hybridized carbons (Fsp3) is 0.0682. The normalized spacial score (nSPS) is 12.7. The maximum absolute atomic E-state index is 6.92. The minimum Gasteiger partial charge on any atom is -0.404 e. The average Bonchev–Trinajstić information content (AvgIpc) is 3.62. The van der Waals surface area contributed by atoms with Crippen molar-refractivity contribution >= 4 is 70.5 Å². The van der Waals surface area contributed by atoms with E-state index in [1.54, 1.807) is 17.5 Å². The number of para-hydroxylation sites is 1. The van der Waals surface area contributed by atoms with Gasteiger partial charge in [0.15, 0.2) is 0 Å². The van der Waals surface area contributed by atoms with E-state index >= 15 is 0 Å². The van der Waals surface area contributed by atoms with Crippen molar-refractivity contribution in [2.24, 2.45) is 10.7 Å². The number of nitrogens with zero attached hydrogens (tertiary/aromatic N) is 2. The Morgan fingerprint density at radius 1 is 0.714 bits per heavy atom. The summed E-state index contributed by atoms with van der Waals surface area (Å²) < 4.78 is 3.40. The van der Waals surface area contributed by atoms with Crippen LogP contribution in [0.4, 0.5) is 10.7 Å². The first-order valence-electron chi connectivity index (χ1n) is 16.5. The highest BCUT2D eigenvalue weighted by Crippen LogP contribution is 2.46. The highest BCUT2D eigenvalue weighted by Gasteiger charge is 2.20. The number of fused-ring (bicyclic) bond motifs is 5. The summed E-state index contributed by atoms with van der Waals surface area (Å²) in [5.74, 6) is 0.854. The molecule has 0 atom stereocenters. The molecule has 0 unspecified atom stereocenters. The third-order valence-corrected chi connectivity index (χ3v) is 10.2. The number of aryl methyl sites for hydroxylation is 1. The number of aliphatic imine (C=N–C) groups is 1. The highest BCUT2D eigenvalue weighted by molar-refractivity contribution is 7.23. The molecule has 4 N–H and O–H groups in total. The topological polar surface area (TPSA) is 69.3 Å². The standard InChI is InChI=1S/C44H36N4S/c1-3-12-29(27-45)22-42(48-39-18-11-10-17-34(39)37-23-32-20-19-28(2)21-33(32)24-40(37)48)47-43-38-25-35(30-13-6-4-7-14-30)36(26-41(38)49-44(43)46)31-15-8-5-9-16-31/h3-21,23-27H,22,45-46H2,1-2H3/b12-3-,29-27+,47-42?. The van der Waals surface area contributed by atoms with Gasteiger partial charge in [-0.2, -0.15) is 0 Å². The fourth-order valence-electron chi connectivity index (χ4n) is 6.96. The van der Waals surface area contributed by atoms with E-state index in [-0.39, 0.29) is 0 Å². The third-order valence-electron chi connectivity index (χ3n) is 9.24. The second-order valence-electron chi connectivity index (χ2n) is 12.5. The van der Waals surface area contributed by atoms with E-state index in [0.29, 0.717) is 11.4 Å². The molecule has 0 spiro atoms. The maximum Gasteiger partial charge on any atom is 0.118 e. The third kappa shape index (κ3) is 5.48. The Morgan fingerprint density at radius 3 is 2.12 bits per heavy atom. The Balaban J connectivity index is 1.43. The van der Waals surface area contributed by atoms with Gasteiger partial charge in [0.2, 0.25) is 0 Å². The molecule has 0 aliphatic carbocycles. The molecular weight excluding hydrogens is 617 g/mol. The molecule has 0 saturated carbocycles. The quantitative estimate of drug-likeness (QED) is 0.107. The van der Waals surface area contributed by atoms with Crippen LogP contribution in [0.2, 0.25) is 0 Å². The SMILES string of the molecule is C/C=C\C(=C/N)CC(=Nc1c(N)sc2cc(-c3ccccc3)c(-c3ccccc3)cc12)n1c2ccccc2c2cc3ccc(C)cc3cc21. The predicted octanol–water partition coefficient (Wildman–Crippen LogP) is 11.8. The molecule has 6 aromatic carbocycles. The molecule has 0 radical (unpaired) electrons. The van der Waals surface area contributed by atoms with Gasteiger partial charge < -0.3 is 11.5 Å². The summed E-state index contributed by atoms with van der Waals surface area (Å²) in [7, 11) is 0. The molecule has 0 fully saturated rings. The van der Waals surface area contributed by atoms with Crippen LogP contribution in [0, 0.1) is 6.92 Å². The van der Waals surface area contributed by atoms with Gasteiger partial charge in [0, 0.05) is 27.3 Å². The van der Waals surface area contributed by atoms with Crippen LogP contribution < -0.4 is 11.5 Å². The van der Waals surface area contributed by atoms with Gasteiger partial charge in [-0.3, -0.25) is 4.57 Å². The van der Waals surface area contributed by atoms with Crippen LogP contribution in [0.15, 0.2) is 156 Å². The van der Waals surface area contributed by atoms with Gasteiger partial charge in [0.25, 0.3) is 0 Å². The van der Waals surface area contributed by atoms with Gasteiger partial charge in [0.05, 0.1) is 11.0 Å². The molecule has 8 rings (SSSR count). The highest BCUT2D eigenvalue weighted by atomic mass is 32.1. The number of aromatic nitrogens is 1. The predicted molar refractivity (Wildman–Crippen MR) is 213 cm³/mol. The molecule has 238 valence electrons. The number of nitrogens with two attached hydrogens (primary N) is 2. The smallest absolute Gasteiger partial charge is 0.118 e. The Morgan fingerprint density at radius 2 is 1.41 bits per heavy atom. The molecule has 2 aromatic heterocycles. The van der Waals surface area contributed by atoms with Crippen molar-refractivity contribution < 1.29 is 0 Å². The Hall–Kier alpha value is -5.91. The number of hydrogen-bond donors (Lipinski definition) is 2. The lowest BCUT2D eigenvalue weighted by atomic mass is 9.93. The Kier molecular flexibility index (Phi) is 7.83. The van der Waals surface area contributed by atoms with Crippen molar-refractivity contribution in [1.82, 2.24) is 4.57 Å². The first kappa shape index (κ1) is 30.4. The second kappa shape index (κ2) is 12.6. The van der Waals surface area contributed by atoms with Gasteiger partial charge in [-0.05, 0) is 89.0 Å². The van der Waals surface area contributed by atoms with Gasteiger partial charge >= 0.3 is 0 Å². The Bertz CT molecular complexity index is 2600. The molecule has 4 nitrogen and oxygen atoms in total. The molecule has 5 heteroatoms. The molecular formula is C44H36N4S. The van der Waals surface area contributed by atoms with E-state index in [2.05, 4.69) is 145 Å². The molecule has 49 heavy (non-hydrogen) atoms. The number of anilines is 1. The van der Waals surface area contributed by atoms with Crippen molar-refractivity contribution in [3.05, 3.63) is 157 Å². The van der Waals surface area contributed by atoms with Crippen LogP contribution in [0.3, 0.4) is 0 Å². The lowest BCUT2D eigenvalue weighted by Crippen LogP contribution is -2.13. The summed E-state index contributed by atoms with van der Waals surface area (Å²) in [5, 5.41) is 6.49. The van der Waals surface area contributed by atoms with Gasteiger partial charge in [-0.25, -0.2) is 4.99 Å². The maximum atomic E-state index is 6.92. The molecule has 0 amide bonds. The van der Waals surface area contributed by atoms with E-state index in [9.17, 15) is 0 Å². The van der Waals surface area contributed by atoms with E-state index < -0.39 is 0 Å². The van der Waals surface area contributed by atoms with Crippen LogP contribution in [-0.2, 0) is 0 Å². The largest absolute Gasteiger partial charge is 0.404 e. The zero-order chi connectivity index (χ0) is 33.5. The first-order valence-corrected chi connectivity index (χ1v) is 17.4. The lowest BCUT2D eigenvalue weighted by molar-refractivity contribution is 1.15. The summed E-state index contributed by atoms with van der Waals surface area (Å²) in [6.07, 6.45) is 6.27. The summed E-state index contributed by atoms with van der Waals surface area (Å²) >= 11 is 1.58. The van der Waals surface area contributed by atoms with E-state index in [1.165, 1.54) is 32.7 Å². The summed E-state index contributed by atoms with van der Waals surface area (Å²) in [5.41, 5.74) is 22.9. The van der Waals surface area contributed by atoms with Crippen LogP contribution >= 0.6 is 11.3 Å². The molecule has 0 aliphatic heterocycles. The Labute approximate surface area is 290 Å². The van der Waals surface area contributed by atoms with Crippen LogP contribution in [0.1, 0.15) is 18.9 Å². The molecule has 0 bridgehead atoms. The van der Waals surface area contributed by atoms with Crippen molar-refractivity contribution in [2.45, 2.75) is 20.3 Å². The van der Waals surface area contributed by atoms with Gasteiger partial charge in [-0.1, -0.05) is 115 Å². The van der Waals surface area contributed by atoms with Crippen LogP contribution in [-0.4, -0.2) is 10.4 Å². The van der Waals surface area contributed by atoms with Gasteiger partial charge in [-0.15, -0.1) is 11.3 Å². The number of nitrogen functional groups attached to an aromatic ring is 1. The van der Waals surface area contributed by atoms with Crippen molar-refractivity contribution in [3.63, 3.8) is 0 Å².